The molecule has 0 fully saturated rings. The second-order valence-electron chi connectivity index (χ2n) is 10.9. The predicted octanol–water partition coefficient (Wildman–Crippen LogP) is 8.78. The van der Waals surface area contributed by atoms with Gasteiger partial charge in [0.15, 0.2) is 6.20 Å². The predicted molar refractivity (Wildman–Crippen MR) is 147 cm³/mol. The van der Waals surface area contributed by atoms with Gasteiger partial charge in [0.05, 0.1) is 16.7 Å². The number of benzene rings is 4. The van der Waals surface area contributed by atoms with Crippen molar-refractivity contribution >= 4 is 32.7 Å². The average Bonchev–Trinajstić information content (AvgIpc) is 3.22. The summed E-state index contributed by atoms with van der Waals surface area (Å²) in [4.78, 5) is 0. The molecule has 0 bridgehead atoms. The SMILES string of the molecule is Cc1ccc2c(oc3c(-c4ccc5ccccc5c4)c(F)ccc32)c1-c1cc(F)c(C(C)(C)C)c[n+]1C. The van der Waals surface area contributed by atoms with E-state index < -0.39 is 0 Å². The molecule has 0 N–H and O–H groups in total. The fourth-order valence-electron chi connectivity index (χ4n) is 5.34. The Morgan fingerprint density at radius 2 is 1.41 bits per heavy atom. The maximum Gasteiger partial charge on any atom is 0.219 e. The van der Waals surface area contributed by atoms with Crippen LogP contribution in [0.25, 0.3) is 55.1 Å². The highest BCUT2D eigenvalue weighted by atomic mass is 19.1. The number of rotatable bonds is 2. The van der Waals surface area contributed by atoms with Crippen LogP contribution in [0, 0.1) is 18.6 Å². The fraction of sp³-hybridized carbons (Fsp3) is 0.182. The number of hydrogen-bond donors (Lipinski definition) is 0. The standard InChI is InChI=1S/C33H28F2NO/c1-19-10-13-23-24-14-15-26(34)30(22-12-11-20-8-6-7-9-21(20)16-22)32(24)37-31(23)29(19)28-17-27(35)25(18-36(28)5)33(2,3)4/h6-18H,1-5H3/q+1. The molecule has 0 radical (unpaired) electrons. The van der Waals surface area contributed by atoms with Crippen molar-refractivity contribution < 1.29 is 17.8 Å². The minimum atomic E-state index is -0.341. The van der Waals surface area contributed by atoms with Crippen LogP contribution in [-0.2, 0) is 12.5 Å². The maximum atomic E-state index is 15.4. The van der Waals surface area contributed by atoms with E-state index in [1.165, 1.54) is 6.07 Å². The van der Waals surface area contributed by atoms with Gasteiger partial charge in [0, 0.05) is 16.8 Å². The van der Waals surface area contributed by atoms with Crippen LogP contribution in [0.4, 0.5) is 8.78 Å². The first-order valence-corrected chi connectivity index (χ1v) is 12.5. The van der Waals surface area contributed by atoms with Crippen LogP contribution in [0.5, 0.6) is 0 Å². The van der Waals surface area contributed by atoms with Crippen molar-refractivity contribution in [3.05, 3.63) is 102 Å². The van der Waals surface area contributed by atoms with Gasteiger partial charge in [0.2, 0.25) is 5.69 Å². The van der Waals surface area contributed by atoms with Gasteiger partial charge in [0.1, 0.15) is 29.8 Å². The molecule has 0 aliphatic rings. The van der Waals surface area contributed by atoms with Crippen LogP contribution < -0.4 is 4.57 Å². The highest BCUT2D eigenvalue weighted by Crippen LogP contribution is 2.42. The largest absolute Gasteiger partial charge is 0.454 e. The summed E-state index contributed by atoms with van der Waals surface area (Å²) < 4.78 is 39.2. The van der Waals surface area contributed by atoms with Gasteiger partial charge in [-0.2, -0.15) is 0 Å². The summed E-state index contributed by atoms with van der Waals surface area (Å²) in [5.74, 6) is -0.595. The van der Waals surface area contributed by atoms with E-state index in [0.717, 1.165) is 38.2 Å². The number of aryl methyl sites for hydroxylation is 2. The van der Waals surface area contributed by atoms with E-state index in [4.69, 9.17) is 4.42 Å². The number of hydrogen-bond acceptors (Lipinski definition) is 1. The molecule has 0 spiro atoms. The lowest BCUT2D eigenvalue weighted by Gasteiger charge is -2.18. The molecule has 0 unspecified atom stereocenters. The third-order valence-corrected chi connectivity index (χ3v) is 7.29. The van der Waals surface area contributed by atoms with Crippen molar-refractivity contribution in [2.45, 2.75) is 33.1 Å². The summed E-state index contributed by atoms with van der Waals surface area (Å²) in [6, 6.07) is 22.8. The Morgan fingerprint density at radius 3 is 2.14 bits per heavy atom. The van der Waals surface area contributed by atoms with Crippen LogP contribution in [0.2, 0.25) is 0 Å². The van der Waals surface area contributed by atoms with E-state index >= 15 is 8.78 Å². The minimum absolute atomic E-state index is 0.254. The van der Waals surface area contributed by atoms with E-state index in [-0.39, 0.29) is 17.0 Å². The Morgan fingerprint density at radius 1 is 0.730 bits per heavy atom. The molecule has 2 heterocycles. The number of furan rings is 1. The van der Waals surface area contributed by atoms with Crippen LogP contribution in [0.1, 0.15) is 31.9 Å². The fourth-order valence-corrected chi connectivity index (χ4v) is 5.34. The molecule has 6 rings (SSSR count). The van der Waals surface area contributed by atoms with Crippen LogP contribution in [-0.4, -0.2) is 0 Å². The Labute approximate surface area is 214 Å². The van der Waals surface area contributed by atoms with Gasteiger partial charge >= 0.3 is 0 Å². The van der Waals surface area contributed by atoms with Gasteiger partial charge in [0.25, 0.3) is 0 Å². The van der Waals surface area contributed by atoms with Crippen molar-refractivity contribution in [3.8, 4) is 22.4 Å². The van der Waals surface area contributed by atoms with E-state index in [1.807, 2.05) is 100 Å². The lowest BCUT2D eigenvalue weighted by Crippen LogP contribution is -2.34. The first kappa shape index (κ1) is 23.4. The zero-order chi connectivity index (χ0) is 26.1. The van der Waals surface area contributed by atoms with Crippen LogP contribution >= 0.6 is 0 Å². The lowest BCUT2D eigenvalue weighted by molar-refractivity contribution is -0.661. The van der Waals surface area contributed by atoms with Gasteiger partial charge in [-0.3, -0.25) is 0 Å². The Balaban J connectivity index is 1.65. The number of fused-ring (bicyclic) bond motifs is 4. The molecule has 4 aromatic carbocycles. The van der Waals surface area contributed by atoms with Crippen molar-refractivity contribution in [2.75, 3.05) is 0 Å². The summed E-state index contributed by atoms with van der Waals surface area (Å²) in [6.07, 6.45) is 1.85. The molecule has 6 aromatic rings. The van der Waals surface area contributed by atoms with Crippen molar-refractivity contribution in [1.29, 1.82) is 0 Å². The molecule has 0 saturated carbocycles. The van der Waals surface area contributed by atoms with E-state index in [1.54, 1.807) is 12.1 Å². The Kier molecular flexibility index (Phi) is 5.20. The molecule has 0 aliphatic carbocycles. The first-order valence-electron chi connectivity index (χ1n) is 12.5. The number of nitrogens with zero attached hydrogens (tertiary/aromatic N) is 1. The molecule has 184 valence electrons. The minimum Gasteiger partial charge on any atom is -0.454 e. The van der Waals surface area contributed by atoms with E-state index in [0.29, 0.717) is 28.0 Å². The molecule has 4 heteroatoms. The highest BCUT2D eigenvalue weighted by molar-refractivity contribution is 6.13. The monoisotopic (exact) mass is 492 g/mol. The molecule has 2 nitrogen and oxygen atoms in total. The van der Waals surface area contributed by atoms with Crippen molar-refractivity contribution in [1.82, 2.24) is 0 Å². The van der Waals surface area contributed by atoms with Gasteiger partial charge in [-0.15, -0.1) is 0 Å². The molecule has 0 amide bonds. The zero-order valence-electron chi connectivity index (χ0n) is 21.6. The Hall–Kier alpha value is -4.05. The van der Waals surface area contributed by atoms with Gasteiger partial charge < -0.3 is 4.42 Å². The quantitative estimate of drug-likeness (QED) is 0.221. The normalized spacial score (nSPS) is 12.2. The summed E-state index contributed by atoms with van der Waals surface area (Å²) in [6.45, 7) is 7.99. The molecule has 2 aromatic heterocycles. The smallest absolute Gasteiger partial charge is 0.219 e. The van der Waals surface area contributed by atoms with Gasteiger partial charge in [-0.1, -0.05) is 69.3 Å². The average molecular weight is 493 g/mol. The molecule has 0 aliphatic heterocycles. The summed E-state index contributed by atoms with van der Waals surface area (Å²) in [5, 5.41) is 3.83. The highest BCUT2D eigenvalue weighted by Gasteiger charge is 2.28. The maximum absolute atomic E-state index is 15.4. The first-order chi connectivity index (χ1) is 17.6. The van der Waals surface area contributed by atoms with Crippen LogP contribution in [0.3, 0.4) is 0 Å². The third kappa shape index (κ3) is 3.71. The van der Waals surface area contributed by atoms with Crippen LogP contribution in [0.15, 0.2) is 83.4 Å². The van der Waals surface area contributed by atoms with E-state index in [9.17, 15) is 0 Å². The molecule has 37 heavy (non-hydrogen) atoms. The molecule has 0 atom stereocenters. The number of halogens is 2. The number of aromatic nitrogens is 1. The second kappa shape index (κ2) is 8.24. The molecular formula is C33H28F2NO+. The zero-order valence-corrected chi connectivity index (χ0v) is 21.6. The molecule has 0 saturated heterocycles. The van der Waals surface area contributed by atoms with Crippen molar-refractivity contribution in [3.63, 3.8) is 0 Å². The lowest BCUT2D eigenvalue weighted by atomic mass is 9.87. The molecular weight excluding hydrogens is 464 g/mol. The summed E-state index contributed by atoms with van der Waals surface area (Å²) in [5.41, 5.74) is 5.10. The Bertz CT molecular complexity index is 1860. The second-order valence-corrected chi connectivity index (χ2v) is 10.9. The topological polar surface area (TPSA) is 17.0 Å². The summed E-state index contributed by atoms with van der Waals surface area (Å²) in [7, 11) is 1.92. The van der Waals surface area contributed by atoms with Gasteiger partial charge in [-0.05, 0) is 52.4 Å². The summed E-state index contributed by atoms with van der Waals surface area (Å²) >= 11 is 0. The van der Waals surface area contributed by atoms with Gasteiger partial charge in [-0.25, -0.2) is 13.3 Å². The van der Waals surface area contributed by atoms with E-state index in [2.05, 4.69) is 0 Å². The third-order valence-electron chi connectivity index (χ3n) is 7.29. The van der Waals surface area contributed by atoms with Crippen molar-refractivity contribution in [2.24, 2.45) is 7.05 Å². The number of pyridine rings is 1.